The van der Waals surface area contributed by atoms with Crippen molar-refractivity contribution in [2.75, 3.05) is 6.54 Å². The van der Waals surface area contributed by atoms with Crippen LogP contribution >= 0.6 is 0 Å². The van der Waals surface area contributed by atoms with E-state index in [1.165, 1.54) is 0 Å². The van der Waals surface area contributed by atoms with Crippen LogP contribution in [0.3, 0.4) is 0 Å². The van der Waals surface area contributed by atoms with Crippen LogP contribution in [0.25, 0.3) is 11.0 Å². The van der Waals surface area contributed by atoms with Crippen LogP contribution in [0.15, 0.2) is 54.9 Å². The first-order chi connectivity index (χ1) is 13.3. The Labute approximate surface area is 165 Å². The van der Waals surface area contributed by atoms with Gasteiger partial charge in [0, 0.05) is 29.8 Å². The Bertz CT molecular complexity index is 968. The first kappa shape index (κ1) is 19.6. The number of aromatic nitrogens is 2. The fraction of sp³-hybridized carbons (Fsp3) is 0.318. The Balaban J connectivity index is 1.49. The van der Waals surface area contributed by atoms with Gasteiger partial charge < -0.3 is 15.2 Å². The molecule has 3 rings (SSSR count). The number of nitrogens with one attached hydrogen (secondary N) is 2. The highest BCUT2D eigenvalue weighted by Gasteiger charge is 2.15. The van der Waals surface area contributed by atoms with Crippen molar-refractivity contribution in [2.45, 2.75) is 39.3 Å². The molecule has 2 amide bonds. The molecule has 1 aromatic heterocycles. The van der Waals surface area contributed by atoms with Crippen LogP contribution in [0.5, 0.6) is 0 Å². The van der Waals surface area contributed by atoms with Gasteiger partial charge in [0.05, 0.1) is 17.4 Å². The molecule has 0 bridgehead atoms. The monoisotopic (exact) mass is 378 g/mol. The Morgan fingerprint density at radius 1 is 0.964 bits per heavy atom. The molecule has 0 fully saturated rings. The molecule has 6 nitrogen and oxygen atoms in total. The second-order valence-electron chi connectivity index (χ2n) is 7.82. The molecule has 0 atom stereocenters. The van der Waals surface area contributed by atoms with E-state index in [-0.39, 0.29) is 17.4 Å². The van der Waals surface area contributed by atoms with E-state index in [9.17, 15) is 9.59 Å². The minimum atomic E-state index is -0.298. The molecule has 28 heavy (non-hydrogen) atoms. The van der Waals surface area contributed by atoms with E-state index >= 15 is 0 Å². The van der Waals surface area contributed by atoms with Gasteiger partial charge in [0.15, 0.2) is 0 Å². The highest BCUT2D eigenvalue weighted by atomic mass is 16.2. The minimum Gasteiger partial charge on any atom is -0.352 e. The molecule has 0 aliphatic heterocycles. The van der Waals surface area contributed by atoms with Crippen LogP contribution in [0.4, 0.5) is 0 Å². The summed E-state index contributed by atoms with van der Waals surface area (Å²) in [5, 5.41) is 5.83. The third-order valence-corrected chi connectivity index (χ3v) is 4.29. The molecule has 0 aliphatic rings. The molecule has 6 heteroatoms. The summed E-state index contributed by atoms with van der Waals surface area (Å²) < 4.78 is 2.09. The second kappa shape index (κ2) is 8.25. The van der Waals surface area contributed by atoms with Crippen molar-refractivity contribution in [2.24, 2.45) is 0 Å². The summed E-state index contributed by atoms with van der Waals surface area (Å²) in [5.41, 5.74) is 2.85. The van der Waals surface area contributed by atoms with E-state index in [2.05, 4.69) is 20.2 Å². The number of amides is 2. The maximum absolute atomic E-state index is 12.3. The molecule has 0 aliphatic carbocycles. The molecule has 2 aromatic carbocycles. The number of aryl methyl sites for hydroxylation is 1. The Hall–Kier alpha value is -3.15. The topological polar surface area (TPSA) is 76.0 Å². The van der Waals surface area contributed by atoms with Gasteiger partial charge in [0.2, 0.25) is 0 Å². The fourth-order valence-corrected chi connectivity index (χ4v) is 2.93. The van der Waals surface area contributed by atoms with E-state index in [1.807, 2.05) is 51.4 Å². The molecule has 0 unspecified atom stereocenters. The lowest BCUT2D eigenvalue weighted by molar-refractivity contribution is 0.0915. The number of carbonyl (C=O) groups is 2. The van der Waals surface area contributed by atoms with Gasteiger partial charge in [-0.2, -0.15) is 0 Å². The maximum Gasteiger partial charge on any atom is 0.251 e. The average Bonchev–Trinajstić information content (AvgIpc) is 3.07. The van der Waals surface area contributed by atoms with Crippen molar-refractivity contribution >= 4 is 22.8 Å². The van der Waals surface area contributed by atoms with Crippen molar-refractivity contribution in [1.82, 2.24) is 20.2 Å². The quantitative estimate of drug-likeness (QED) is 0.646. The highest BCUT2D eigenvalue weighted by Crippen LogP contribution is 2.12. The van der Waals surface area contributed by atoms with Crippen LogP contribution in [-0.2, 0) is 6.54 Å². The molecule has 146 valence electrons. The van der Waals surface area contributed by atoms with Gasteiger partial charge in [-0.05, 0) is 63.6 Å². The van der Waals surface area contributed by atoms with Crippen molar-refractivity contribution in [1.29, 1.82) is 0 Å². The number of rotatable bonds is 6. The predicted molar refractivity (Wildman–Crippen MR) is 110 cm³/mol. The van der Waals surface area contributed by atoms with Crippen molar-refractivity contribution in [3.05, 3.63) is 66.0 Å². The zero-order valence-corrected chi connectivity index (χ0v) is 16.5. The maximum atomic E-state index is 12.3. The van der Waals surface area contributed by atoms with Crippen molar-refractivity contribution in [3.8, 4) is 0 Å². The van der Waals surface area contributed by atoms with Crippen molar-refractivity contribution in [3.63, 3.8) is 0 Å². The SMILES string of the molecule is CC(C)(C)NC(=O)c1ccc(C(=O)NCCCn2cnc3ccccc32)cc1. The number of fused-ring (bicyclic) bond motifs is 1. The number of para-hydroxylation sites is 2. The van der Waals surface area contributed by atoms with Gasteiger partial charge in [0.25, 0.3) is 11.8 Å². The Morgan fingerprint density at radius 3 is 2.29 bits per heavy atom. The lowest BCUT2D eigenvalue weighted by atomic mass is 10.1. The number of hydrogen-bond acceptors (Lipinski definition) is 3. The van der Waals surface area contributed by atoms with E-state index in [0.29, 0.717) is 17.7 Å². The summed E-state index contributed by atoms with van der Waals surface area (Å²) in [4.78, 5) is 28.8. The molecular formula is C22H26N4O2. The number of carbonyl (C=O) groups excluding carboxylic acids is 2. The molecular weight excluding hydrogens is 352 g/mol. The van der Waals surface area contributed by atoms with E-state index < -0.39 is 0 Å². The molecule has 0 spiro atoms. The van der Waals surface area contributed by atoms with E-state index in [0.717, 1.165) is 24.0 Å². The molecule has 1 heterocycles. The van der Waals surface area contributed by atoms with Gasteiger partial charge in [-0.25, -0.2) is 4.98 Å². The zero-order valence-electron chi connectivity index (χ0n) is 16.5. The number of imidazole rings is 1. The zero-order chi connectivity index (χ0) is 20.1. The number of benzene rings is 2. The average molecular weight is 378 g/mol. The van der Waals surface area contributed by atoms with Gasteiger partial charge in [-0.15, -0.1) is 0 Å². The Morgan fingerprint density at radius 2 is 1.61 bits per heavy atom. The molecule has 3 aromatic rings. The van der Waals surface area contributed by atoms with Gasteiger partial charge in [-0.1, -0.05) is 12.1 Å². The normalized spacial score (nSPS) is 11.4. The summed E-state index contributed by atoms with van der Waals surface area (Å²) in [6.07, 6.45) is 2.63. The van der Waals surface area contributed by atoms with E-state index in [1.54, 1.807) is 24.3 Å². The van der Waals surface area contributed by atoms with Gasteiger partial charge in [-0.3, -0.25) is 9.59 Å². The van der Waals surface area contributed by atoms with E-state index in [4.69, 9.17) is 0 Å². The van der Waals surface area contributed by atoms with Gasteiger partial charge >= 0.3 is 0 Å². The second-order valence-corrected chi connectivity index (χ2v) is 7.82. The van der Waals surface area contributed by atoms with Crippen LogP contribution < -0.4 is 10.6 Å². The third kappa shape index (κ3) is 4.97. The predicted octanol–water partition coefficient (Wildman–Crippen LogP) is 3.38. The van der Waals surface area contributed by atoms with Crippen LogP contribution in [0.1, 0.15) is 47.9 Å². The smallest absolute Gasteiger partial charge is 0.251 e. The first-order valence-corrected chi connectivity index (χ1v) is 9.44. The first-order valence-electron chi connectivity index (χ1n) is 9.44. The molecule has 0 saturated heterocycles. The summed E-state index contributed by atoms with van der Waals surface area (Å²) >= 11 is 0. The molecule has 0 saturated carbocycles. The van der Waals surface area contributed by atoms with Gasteiger partial charge in [0.1, 0.15) is 0 Å². The number of hydrogen-bond donors (Lipinski definition) is 2. The summed E-state index contributed by atoms with van der Waals surface area (Å²) in [7, 11) is 0. The third-order valence-electron chi connectivity index (χ3n) is 4.29. The van der Waals surface area contributed by atoms with Crippen LogP contribution in [-0.4, -0.2) is 33.4 Å². The summed E-state index contributed by atoms with van der Waals surface area (Å²) in [6.45, 7) is 7.14. The minimum absolute atomic E-state index is 0.140. The largest absolute Gasteiger partial charge is 0.352 e. The van der Waals surface area contributed by atoms with Crippen molar-refractivity contribution < 1.29 is 9.59 Å². The number of nitrogens with zero attached hydrogens (tertiary/aromatic N) is 2. The molecule has 0 radical (unpaired) electrons. The Kier molecular flexibility index (Phi) is 5.78. The standard InChI is InChI=1S/C22H26N4O2/c1-22(2,3)25-21(28)17-11-9-16(10-12-17)20(27)23-13-6-14-26-15-24-18-7-4-5-8-19(18)26/h4-5,7-12,15H,6,13-14H2,1-3H3,(H,23,27)(H,25,28). The summed E-state index contributed by atoms with van der Waals surface area (Å²) in [5.74, 6) is -0.287. The lowest BCUT2D eigenvalue weighted by Crippen LogP contribution is -2.40. The summed E-state index contributed by atoms with van der Waals surface area (Å²) in [6, 6.07) is 14.7. The van der Waals surface area contributed by atoms with Crippen LogP contribution in [0.2, 0.25) is 0 Å². The lowest BCUT2D eigenvalue weighted by Gasteiger charge is -2.20. The fourth-order valence-electron chi connectivity index (χ4n) is 2.93. The van der Waals surface area contributed by atoms with Crippen LogP contribution in [0, 0.1) is 0 Å². The molecule has 2 N–H and O–H groups in total. The highest BCUT2D eigenvalue weighted by molar-refractivity contribution is 5.98.